The van der Waals surface area contributed by atoms with Crippen LogP contribution in [0.25, 0.3) is 0 Å². The van der Waals surface area contributed by atoms with E-state index in [1.54, 1.807) is 4.90 Å². The second kappa shape index (κ2) is 3.86. The Morgan fingerprint density at radius 2 is 1.94 bits per heavy atom. The fourth-order valence-corrected chi connectivity index (χ4v) is 4.54. The van der Waals surface area contributed by atoms with Crippen molar-refractivity contribution in [2.75, 3.05) is 18.8 Å². The van der Waals surface area contributed by atoms with Gasteiger partial charge in [0.25, 0.3) is 0 Å². The molecule has 17 heavy (non-hydrogen) atoms. The first-order valence-electron chi connectivity index (χ1n) is 6.39. The van der Waals surface area contributed by atoms with E-state index in [-0.39, 0.29) is 17.8 Å². The van der Waals surface area contributed by atoms with E-state index in [9.17, 15) is 13.2 Å². The van der Waals surface area contributed by atoms with E-state index in [0.717, 1.165) is 43.0 Å². The molecule has 1 unspecified atom stereocenters. The Morgan fingerprint density at radius 1 is 1.18 bits per heavy atom. The molecule has 0 aromatic carbocycles. The summed E-state index contributed by atoms with van der Waals surface area (Å²) in [4.78, 5) is 14.0. The highest BCUT2D eigenvalue weighted by Crippen LogP contribution is 2.33. The zero-order valence-corrected chi connectivity index (χ0v) is 10.7. The molecule has 2 aliphatic heterocycles. The summed E-state index contributed by atoms with van der Waals surface area (Å²) in [6.07, 6.45) is 4.99. The van der Waals surface area contributed by atoms with Crippen LogP contribution in [-0.2, 0) is 10.0 Å². The molecule has 0 N–H and O–H groups in total. The summed E-state index contributed by atoms with van der Waals surface area (Å²) in [5.41, 5.74) is 0. The van der Waals surface area contributed by atoms with Crippen LogP contribution in [0, 0.1) is 5.92 Å². The van der Waals surface area contributed by atoms with Gasteiger partial charge in [-0.15, -0.1) is 0 Å². The van der Waals surface area contributed by atoms with E-state index in [2.05, 4.69) is 0 Å². The van der Waals surface area contributed by atoms with Gasteiger partial charge in [0.15, 0.2) is 0 Å². The number of rotatable bonds is 2. The first kappa shape index (κ1) is 11.3. The summed E-state index contributed by atoms with van der Waals surface area (Å²) < 4.78 is 25.3. The molecule has 1 saturated carbocycles. The van der Waals surface area contributed by atoms with Crippen LogP contribution in [0.3, 0.4) is 0 Å². The summed E-state index contributed by atoms with van der Waals surface area (Å²) in [6, 6.07) is -0.343. The Hall–Kier alpha value is -0.780. The molecule has 96 valence electrons. The molecular weight excluding hydrogens is 240 g/mol. The molecule has 5 nitrogen and oxygen atoms in total. The molecule has 1 atom stereocenters. The lowest BCUT2D eigenvalue weighted by Crippen LogP contribution is -2.60. The molecule has 3 aliphatic rings. The predicted octanol–water partition coefficient (Wildman–Crippen LogP) is 1.02. The first-order valence-corrected chi connectivity index (χ1v) is 8.00. The number of fused-ring (bicyclic) bond motifs is 1. The van der Waals surface area contributed by atoms with Gasteiger partial charge in [0.2, 0.25) is 10.0 Å². The van der Waals surface area contributed by atoms with Crippen molar-refractivity contribution < 1.29 is 13.2 Å². The summed E-state index contributed by atoms with van der Waals surface area (Å²) in [7, 11) is -3.36. The lowest BCUT2D eigenvalue weighted by Gasteiger charge is -2.43. The normalized spacial score (nSPS) is 32.5. The monoisotopic (exact) mass is 258 g/mol. The Bertz CT molecular complexity index is 430. The standard InChI is InChI=1S/C11H18N2O3S/c14-11-12-6-2-1-3-10(12)8-17(15,16)13(11)7-9-4-5-9/h9-10H,1-8H2. The molecule has 1 aliphatic carbocycles. The van der Waals surface area contributed by atoms with Crippen molar-refractivity contribution in [2.45, 2.75) is 38.1 Å². The second-order valence-electron chi connectivity index (χ2n) is 5.38. The minimum Gasteiger partial charge on any atom is -0.320 e. The topological polar surface area (TPSA) is 57.7 Å². The van der Waals surface area contributed by atoms with Gasteiger partial charge in [-0.3, -0.25) is 0 Å². The average Bonchev–Trinajstić information content (AvgIpc) is 3.07. The van der Waals surface area contributed by atoms with Gasteiger partial charge >= 0.3 is 6.03 Å². The zero-order chi connectivity index (χ0) is 12.0. The third kappa shape index (κ3) is 2.03. The number of amides is 2. The Balaban J connectivity index is 1.84. The molecule has 2 heterocycles. The van der Waals surface area contributed by atoms with E-state index in [0.29, 0.717) is 12.5 Å². The summed E-state index contributed by atoms with van der Waals surface area (Å²) >= 11 is 0. The Kier molecular flexibility index (Phi) is 2.57. The van der Waals surface area contributed by atoms with Crippen LogP contribution < -0.4 is 0 Å². The minimum atomic E-state index is -3.36. The molecule has 6 heteroatoms. The second-order valence-corrected chi connectivity index (χ2v) is 7.32. The van der Waals surface area contributed by atoms with E-state index >= 15 is 0 Å². The van der Waals surface area contributed by atoms with Crippen LogP contribution in [0.15, 0.2) is 0 Å². The SMILES string of the molecule is O=C1N2CCCCC2CS(=O)(=O)N1CC1CC1. The lowest BCUT2D eigenvalue weighted by molar-refractivity contribution is 0.131. The molecule has 0 bridgehead atoms. The van der Waals surface area contributed by atoms with Gasteiger partial charge in [-0.25, -0.2) is 17.5 Å². The maximum absolute atomic E-state index is 12.2. The van der Waals surface area contributed by atoms with Crippen molar-refractivity contribution in [1.29, 1.82) is 0 Å². The quantitative estimate of drug-likeness (QED) is 0.743. The van der Waals surface area contributed by atoms with E-state index in [4.69, 9.17) is 0 Å². The first-order chi connectivity index (χ1) is 8.08. The van der Waals surface area contributed by atoms with Gasteiger partial charge < -0.3 is 4.90 Å². The highest BCUT2D eigenvalue weighted by atomic mass is 32.2. The fraction of sp³-hybridized carbons (Fsp3) is 0.909. The summed E-state index contributed by atoms with van der Waals surface area (Å²) in [5.74, 6) is 0.543. The minimum absolute atomic E-state index is 0.0725. The molecule has 0 radical (unpaired) electrons. The highest BCUT2D eigenvalue weighted by Gasteiger charge is 2.45. The van der Waals surface area contributed by atoms with Crippen molar-refractivity contribution in [3.63, 3.8) is 0 Å². The zero-order valence-electron chi connectivity index (χ0n) is 9.84. The van der Waals surface area contributed by atoms with Crippen LogP contribution in [0.4, 0.5) is 4.79 Å². The smallest absolute Gasteiger partial charge is 0.320 e. The Morgan fingerprint density at radius 3 is 2.65 bits per heavy atom. The molecule has 2 amide bonds. The fourth-order valence-electron chi connectivity index (χ4n) is 2.75. The molecule has 2 saturated heterocycles. The third-order valence-electron chi connectivity index (χ3n) is 3.95. The lowest BCUT2D eigenvalue weighted by atomic mass is 10.0. The number of hydrogen-bond acceptors (Lipinski definition) is 3. The van der Waals surface area contributed by atoms with Gasteiger partial charge in [0, 0.05) is 19.1 Å². The van der Waals surface area contributed by atoms with Crippen LogP contribution in [0.2, 0.25) is 0 Å². The number of nitrogens with zero attached hydrogens (tertiary/aromatic N) is 2. The van der Waals surface area contributed by atoms with Crippen molar-refractivity contribution in [2.24, 2.45) is 5.92 Å². The van der Waals surface area contributed by atoms with Gasteiger partial charge in [-0.05, 0) is 38.0 Å². The van der Waals surface area contributed by atoms with Crippen molar-refractivity contribution in [3.8, 4) is 0 Å². The molecule has 3 fully saturated rings. The molecule has 0 aromatic rings. The number of hydrogen-bond donors (Lipinski definition) is 0. The van der Waals surface area contributed by atoms with Crippen molar-refractivity contribution in [3.05, 3.63) is 0 Å². The van der Waals surface area contributed by atoms with Gasteiger partial charge in [-0.2, -0.15) is 0 Å². The number of piperidine rings is 1. The number of carbonyl (C=O) groups is 1. The highest BCUT2D eigenvalue weighted by molar-refractivity contribution is 7.89. The molecular formula is C11H18N2O3S. The Labute approximate surface area is 102 Å². The summed E-state index contributed by atoms with van der Waals surface area (Å²) in [6.45, 7) is 1.13. The third-order valence-corrected chi connectivity index (χ3v) is 5.73. The molecule has 3 rings (SSSR count). The number of carbonyl (C=O) groups excluding carboxylic acids is 1. The predicted molar refractivity (Wildman–Crippen MR) is 63.0 cm³/mol. The van der Waals surface area contributed by atoms with Crippen LogP contribution in [0.1, 0.15) is 32.1 Å². The van der Waals surface area contributed by atoms with Crippen LogP contribution in [0.5, 0.6) is 0 Å². The van der Waals surface area contributed by atoms with Crippen LogP contribution >= 0.6 is 0 Å². The van der Waals surface area contributed by atoms with E-state index < -0.39 is 10.0 Å². The average molecular weight is 258 g/mol. The molecule has 0 aromatic heterocycles. The van der Waals surface area contributed by atoms with Crippen molar-refractivity contribution >= 4 is 16.1 Å². The van der Waals surface area contributed by atoms with Crippen molar-refractivity contribution in [1.82, 2.24) is 9.21 Å². The summed E-state index contributed by atoms with van der Waals surface area (Å²) in [5, 5.41) is 0. The maximum atomic E-state index is 12.2. The number of sulfonamides is 1. The largest absolute Gasteiger partial charge is 0.333 e. The van der Waals surface area contributed by atoms with E-state index in [1.807, 2.05) is 0 Å². The van der Waals surface area contributed by atoms with Gasteiger partial charge in [-0.1, -0.05) is 0 Å². The molecule has 0 spiro atoms. The van der Waals surface area contributed by atoms with Gasteiger partial charge in [0.05, 0.1) is 5.75 Å². The number of urea groups is 1. The van der Waals surface area contributed by atoms with Crippen LogP contribution in [-0.4, -0.2) is 48.5 Å². The van der Waals surface area contributed by atoms with Gasteiger partial charge in [0.1, 0.15) is 0 Å². The maximum Gasteiger partial charge on any atom is 0.333 e. The van der Waals surface area contributed by atoms with E-state index in [1.165, 1.54) is 0 Å².